The Kier molecular flexibility index (Phi) is 3.85. The van der Waals surface area contributed by atoms with Gasteiger partial charge in [0.05, 0.1) is 6.10 Å². The highest BCUT2D eigenvalue weighted by molar-refractivity contribution is 6.30. The molecule has 16 heavy (non-hydrogen) atoms. The van der Waals surface area contributed by atoms with E-state index in [2.05, 4.69) is 25.2 Å². The van der Waals surface area contributed by atoms with Crippen LogP contribution in [0.3, 0.4) is 0 Å². The maximum absolute atomic E-state index is 5.93. The van der Waals surface area contributed by atoms with Gasteiger partial charge in [-0.1, -0.05) is 17.7 Å². The molecule has 2 rings (SSSR count). The summed E-state index contributed by atoms with van der Waals surface area (Å²) in [6.07, 6.45) is 1.43. The van der Waals surface area contributed by atoms with E-state index in [1.54, 1.807) is 0 Å². The summed E-state index contributed by atoms with van der Waals surface area (Å²) < 4.78 is 5.52. The number of nitrogens with one attached hydrogen (secondary N) is 1. The Morgan fingerprint density at radius 3 is 2.94 bits per heavy atom. The fourth-order valence-electron chi connectivity index (χ4n) is 2.10. The van der Waals surface area contributed by atoms with Crippen LogP contribution in [-0.4, -0.2) is 18.8 Å². The molecular weight excluding hydrogens is 222 g/mol. The zero-order valence-electron chi connectivity index (χ0n) is 9.79. The van der Waals surface area contributed by atoms with Gasteiger partial charge >= 0.3 is 0 Å². The lowest BCUT2D eigenvalue weighted by molar-refractivity contribution is 0.113. The predicted octanol–water partition coefficient (Wildman–Crippen LogP) is 2.92. The highest BCUT2D eigenvalue weighted by atomic mass is 35.5. The number of halogens is 1. The molecule has 1 heterocycles. The summed E-state index contributed by atoms with van der Waals surface area (Å²) in [6, 6.07) is 6.52. The first-order valence-corrected chi connectivity index (χ1v) is 6.14. The van der Waals surface area contributed by atoms with E-state index in [1.165, 1.54) is 11.1 Å². The van der Waals surface area contributed by atoms with E-state index in [0.717, 1.165) is 24.6 Å². The lowest BCUT2D eigenvalue weighted by Crippen LogP contribution is -2.34. The summed E-state index contributed by atoms with van der Waals surface area (Å²) >= 11 is 5.93. The van der Waals surface area contributed by atoms with Gasteiger partial charge in [0, 0.05) is 24.2 Å². The zero-order valence-corrected chi connectivity index (χ0v) is 10.6. The topological polar surface area (TPSA) is 21.3 Å². The Hall–Kier alpha value is -0.570. The third-order valence-corrected chi connectivity index (χ3v) is 3.47. The van der Waals surface area contributed by atoms with Crippen LogP contribution in [0.5, 0.6) is 0 Å². The summed E-state index contributed by atoms with van der Waals surface area (Å²) in [6.45, 7) is 5.98. The molecule has 1 aliphatic heterocycles. The normalized spacial score (nSPS) is 24.9. The average molecular weight is 240 g/mol. The Morgan fingerprint density at radius 2 is 2.31 bits per heavy atom. The monoisotopic (exact) mass is 239 g/mol. The molecule has 0 radical (unpaired) electrons. The SMILES string of the molecule is Cc1cc(Cl)ccc1CNC1CCOC1C. The number of hydrogen-bond acceptors (Lipinski definition) is 2. The molecule has 0 saturated carbocycles. The highest BCUT2D eigenvalue weighted by Gasteiger charge is 2.23. The second kappa shape index (κ2) is 5.17. The molecule has 1 aliphatic rings. The Labute approximate surface area is 102 Å². The first-order valence-electron chi connectivity index (χ1n) is 5.77. The Morgan fingerprint density at radius 1 is 1.50 bits per heavy atom. The molecule has 1 saturated heterocycles. The van der Waals surface area contributed by atoms with Crippen LogP contribution >= 0.6 is 11.6 Å². The smallest absolute Gasteiger partial charge is 0.0700 e. The second-order valence-electron chi connectivity index (χ2n) is 4.42. The quantitative estimate of drug-likeness (QED) is 0.876. The summed E-state index contributed by atoms with van der Waals surface area (Å²) in [5, 5.41) is 4.34. The van der Waals surface area contributed by atoms with Crippen molar-refractivity contribution in [1.82, 2.24) is 5.32 Å². The van der Waals surface area contributed by atoms with Crippen LogP contribution in [0, 0.1) is 6.92 Å². The van der Waals surface area contributed by atoms with Crippen LogP contribution in [0.2, 0.25) is 5.02 Å². The van der Waals surface area contributed by atoms with E-state index in [1.807, 2.05) is 12.1 Å². The summed E-state index contributed by atoms with van der Waals surface area (Å²) in [5.41, 5.74) is 2.55. The third-order valence-electron chi connectivity index (χ3n) is 3.24. The van der Waals surface area contributed by atoms with Crippen LogP contribution in [0.25, 0.3) is 0 Å². The van der Waals surface area contributed by atoms with Gasteiger partial charge in [0.15, 0.2) is 0 Å². The molecular formula is C13H18ClNO. The molecule has 3 heteroatoms. The van der Waals surface area contributed by atoms with Gasteiger partial charge in [-0.15, -0.1) is 0 Å². The van der Waals surface area contributed by atoms with Gasteiger partial charge in [-0.2, -0.15) is 0 Å². The Balaban J connectivity index is 1.94. The van der Waals surface area contributed by atoms with E-state index < -0.39 is 0 Å². The predicted molar refractivity (Wildman–Crippen MR) is 66.8 cm³/mol. The lowest BCUT2D eigenvalue weighted by atomic mass is 10.1. The van der Waals surface area contributed by atoms with Crippen LogP contribution in [0.1, 0.15) is 24.5 Å². The molecule has 2 unspecified atom stereocenters. The molecule has 0 spiro atoms. The van der Waals surface area contributed by atoms with Gasteiger partial charge < -0.3 is 10.1 Å². The average Bonchev–Trinajstić information content (AvgIpc) is 2.63. The van der Waals surface area contributed by atoms with Crippen molar-refractivity contribution in [3.05, 3.63) is 34.3 Å². The summed E-state index contributed by atoms with van der Waals surface area (Å²) in [4.78, 5) is 0. The van der Waals surface area contributed by atoms with Crippen molar-refractivity contribution < 1.29 is 4.74 Å². The van der Waals surface area contributed by atoms with Crippen molar-refractivity contribution in [3.8, 4) is 0 Å². The summed E-state index contributed by atoms with van der Waals surface area (Å²) in [5.74, 6) is 0. The maximum atomic E-state index is 5.93. The molecule has 0 amide bonds. The zero-order chi connectivity index (χ0) is 11.5. The molecule has 1 aromatic rings. The van der Waals surface area contributed by atoms with Gasteiger partial charge in [0.25, 0.3) is 0 Å². The number of ether oxygens (including phenoxy) is 1. The molecule has 1 fully saturated rings. The molecule has 88 valence electrons. The maximum Gasteiger partial charge on any atom is 0.0700 e. The van der Waals surface area contributed by atoms with Gasteiger partial charge in [-0.3, -0.25) is 0 Å². The first kappa shape index (κ1) is 11.9. The van der Waals surface area contributed by atoms with Gasteiger partial charge in [-0.25, -0.2) is 0 Å². The van der Waals surface area contributed by atoms with Crippen LogP contribution in [0.4, 0.5) is 0 Å². The first-order chi connectivity index (χ1) is 7.66. The van der Waals surface area contributed by atoms with E-state index in [9.17, 15) is 0 Å². The fourth-order valence-corrected chi connectivity index (χ4v) is 2.33. The van der Waals surface area contributed by atoms with Crippen LogP contribution in [0.15, 0.2) is 18.2 Å². The van der Waals surface area contributed by atoms with Gasteiger partial charge in [0.2, 0.25) is 0 Å². The minimum absolute atomic E-state index is 0.326. The van der Waals surface area contributed by atoms with E-state index >= 15 is 0 Å². The van der Waals surface area contributed by atoms with E-state index in [0.29, 0.717) is 12.1 Å². The standard InChI is InChI=1S/C13H18ClNO/c1-9-7-12(14)4-3-11(9)8-15-13-5-6-16-10(13)2/h3-4,7,10,13,15H,5-6,8H2,1-2H3. The minimum atomic E-state index is 0.326. The van der Waals surface area contributed by atoms with E-state index in [4.69, 9.17) is 16.3 Å². The number of rotatable bonds is 3. The molecule has 2 nitrogen and oxygen atoms in total. The molecule has 0 aliphatic carbocycles. The third kappa shape index (κ3) is 2.76. The number of aryl methyl sites for hydroxylation is 1. The number of benzene rings is 1. The molecule has 1 N–H and O–H groups in total. The summed E-state index contributed by atoms with van der Waals surface area (Å²) in [7, 11) is 0. The van der Waals surface area contributed by atoms with Crippen LogP contribution < -0.4 is 5.32 Å². The minimum Gasteiger partial charge on any atom is -0.377 e. The van der Waals surface area contributed by atoms with Gasteiger partial charge in [-0.05, 0) is 43.5 Å². The van der Waals surface area contributed by atoms with Crippen molar-refractivity contribution >= 4 is 11.6 Å². The van der Waals surface area contributed by atoms with Gasteiger partial charge in [0.1, 0.15) is 0 Å². The molecule has 2 atom stereocenters. The largest absolute Gasteiger partial charge is 0.377 e. The number of hydrogen-bond donors (Lipinski definition) is 1. The van der Waals surface area contributed by atoms with Crippen molar-refractivity contribution in [2.45, 2.75) is 39.0 Å². The van der Waals surface area contributed by atoms with Crippen molar-refractivity contribution in [2.24, 2.45) is 0 Å². The Bertz CT molecular complexity index is 367. The van der Waals surface area contributed by atoms with E-state index in [-0.39, 0.29) is 0 Å². The molecule has 1 aromatic carbocycles. The fraction of sp³-hybridized carbons (Fsp3) is 0.538. The molecule has 0 aromatic heterocycles. The van der Waals surface area contributed by atoms with Crippen molar-refractivity contribution in [3.63, 3.8) is 0 Å². The van der Waals surface area contributed by atoms with Crippen molar-refractivity contribution in [1.29, 1.82) is 0 Å². The van der Waals surface area contributed by atoms with Crippen molar-refractivity contribution in [2.75, 3.05) is 6.61 Å². The second-order valence-corrected chi connectivity index (χ2v) is 4.86. The molecule has 0 bridgehead atoms. The lowest BCUT2D eigenvalue weighted by Gasteiger charge is -2.16. The van der Waals surface area contributed by atoms with Crippen LogP contribution in [-0.2, 0) is 11.3 Å². The highest BCUT2D eigenvalue weighted by Crippen LogP contribution is 2.17.